The number of alkyl halides is 4. The van der Waals surface area contributed by atoms with Gasteiger partial charge >= 0.3 is 6.18 Å². The highest BCUT2D eigenvalue weighted by Crippen LogP contribution is 2.31. The fraction of sp³-hybridized carbons (Fsp3) is 0.250. The Morgan fingerprint density at radius 3 is 2.79 bits per heavy atom. The van der Waals surface area contributed by atoms with Gasteiger partial charge < -0.3 is 5.32 Å². The van der Waals surface area contributed by atoms with E-state index in [1.165, 1.54) is 17.2 Å². The summed E-state index contributed by atoms with van der Waals surface area (Å²) < 4.78 is 37.8. The molecule has 0 saturated carbocycles. The number of amides is 1. The van der Waals surface area contributed by atoms with Gasteiger partial charge in [-0.3, -0.25) is 9.69 Å². The lowest BCUT2D eigenvalue weighted by molar-refractivity contribution is -0.137. The minimum Gasteiger partial charge on any atom is -0.366 e. The number of hydrogen-bond acceptors (Lipinski definition) is 2. The van der Waals surface area contributed by atoms with Crippen molar-refractivity contribution in [3.8, 4) is 0 Å². The van der Waals surface area contributed by atoms with Crippen LogP contribution in [0.2, 0.25) is 0 Å². The molecule has 1 heterocycles. The average molecular weight is 291 g/mol. The Hall–Kier alpha value is -1.69. The van der Waals surface area contributed by atoms with Gasteiger partial charge in [0.1, 0.15) is 5.88 Å². The van der Waals surface area contributed by atoms with Crippen LogP contribution in [-0.2, 0) is 11.0 Å². The number of carbonyl (C=O) groups excluding carboxylic acids is 1. The molecule has 1 aliphatic heterocycles. The molecule has 1 aromatic carbocycles. The van der Waals surface area contributed by atoms with Crippen molar-refractivity contribution in [3.63, 3.8) is 0 Å². The predicted octanol–water partition coefficient (Wildman–Crippen LogP) is 2.63. The number of benzene rings is 1. The molecule has 0 fully saturated rings. The molecule has 0 bridgehead atoms. The van der Waals surface area contributed by atoms with Crippen LogP contribution in [0.4, 0.5) is 13.2 Å². The van der Waals surface area contributed by atoms with Crippen molar-refractivity contribution in [3.05, 3.63) is 41.6 Å². The van der Waals surface area contributed by atoms with Gasteiger partial charge in [0.15, 0.2) is 0 Å². The second-order valence-corrected chi connectivity index (χ2v) is 4.22. The van der Waals surface area contributed by atoms with Crippen molar-refractivity contribution >= 4 is 23.2 Å². The van der Waals surface area contributed by atoms with E-state index in [0.29, 0.717) is 11.3 Å². The van der Waals surface area contributed by atoms with Crippen LogP contribution in [0.1, 0.15) is 11.1 Å². The van der Waals surface area contributed by atoms with Crippen LogP contribution in [0.3, 0.4) is 0 Å². The molecule has 1 amide bonds. The maximum Gasteiger partial charge on any atom is 0.416 e. The van der Waals surface area contributed by atoms with E-state index in [1.54, 1.807) is 6.07 Å². The van der Waals surface area contributed by atoms with E-state index in [-0.39, 0.29) is 18.5 Å². The van der Waals surface area contributed by atoms with E-state index in [9.17, 15) is 18.0 Å². The molecule has 0 saturated heterocycles. The Bertz CT molecular complexity index is 528. The van der Waals surface area contributed by atoms with E-state index < -0.39 is 11.7 Å². The van der Waals surface area contributed by atoms with Gasteiger partial charge in [0.05, 0.1) is 17.9 Å². The number of nitrogens with one attached hydrogen (secondary N) is 1. The second-order valence-electron chi connectivity index (χ2n) is 3.95. The molecular weight excluding hydrogens is 281 g/mol. The summed E-state index contributed by atoms with van der Waals surface area (Å²) in [5.74, 6) is -0.482. The van der Waals surface area contributed by atoms with Gasteiger partial charge in [-0.15, -0.1) is 11.6 Å². The van der Waals surface area contributed by atoms with E-state index in [0.717, 1.165) is 12.1 Å². The molecule has 19 heavy (non-hydrogen) atoms. The molecular formula is C12H10ClF3N2O. The predicted molar refractivity (Wildman–Crippen MR) is 65.0 cm³/mol. The van der Waals surface area contributed by atoms with Crippen molar-refractivity contribution in [2.75, 3.05) is 12.5 Å². The zero-order valence-electron chi connectivity index (χ0n) is 9.67. The summed E-state index contributed by atoms with van der Waals surface area (Å²) in [5, 5.41) is 2.86. The maximum absolute atomic E-state index is 12.6. The molecule has 7 heteroatoms. The van der Waals surface area contributed by atoms with E-state index >= 15 is 0 Å². The molecule has 3 nitrogen and oxygen atoms in total. The van der Waals surface area contributed by atoms with Crippen LogP contribution >= 0.6 is 11.6 Å². The summed E-state index contributed by atoms with van der Waals surface area (Å²) in [5.41, 5.74) is 0.110. The van der Waals surface area contributed by atoms with Gasteiger partial charge in [-0.1, -0.05) is 12.1 Å². The second kappa shape index (κ2) is 5.13. The number of nitrogens with zero attached hydrogens (tertiary/aromatic N) is 1. The van der Waals surface area contributed by atoms with Gasteiger partial charge in [-0.2, -0.15) is 13.2 Å². The summed E-state index contributed by atoms with van der Waals surface area (Å²) in [7, 11) is 0. The highest BCUT2D eigenvalue weighted by atomic mass is 35.5. The highest BCUT2D eigenvalue weighted by Gasteiger charge is 2.31. The van der Waals surface area contributed by atoms with Gasteiger partial charge in [-0.05, 0) is 17.7 Å². The van der Waals surface area contributed by atoms with Crippen molar-refractivity contribution < 1.29 is 18.0 Å². The lowest BCUT2D eigenvalue weighted by Crippen LogP contribution is -2.28. The van der Waals surface area contributed by atoms with Crippen molar-refractivity contribution in [2.24, 2.45) is 0 Å². The Kier molecular flexibility index (Phi) is 3.71. The lowest BCUT2D eigenvalue weighted by atomic mass is 10.1. The Morgan fingerprint density at radius 1 is 1.42 bits per heavy atom. The first-order valence-electron chi connectivity index (χ1n) is 5.40. The van der Waals surface area contributed by atoms with Gasteiger partial charge in [-0.25, -0.2) is 0 Å². The van der Waals surface area contributed by atoms with Gasteiger partial charge in [0, 0.05) is 6.20 Å². The molecule has 1 aliphatic rings. The third-order valence-corrected chi connectivity index (χ3v) is 2.89. The van der Waals surface area contributed by atoms with Gasteiger partial charge in [0.25, 0.3) is 0 Å². The van der Waals surface area contributed by atoms with Crippen LogP contribution < -0.4 is 5.32 Å². The molecule has 0 spiro atoms. The van der Waals surface area contributed by atoms with E-state index in [1.807, 2.05) is 0 Å². The number of carbonyl (C=O) groups is 1. The molecule has 2 rings (SSSR count). The van der Waals surface area contributed by atoms with E-state index in [2.05, 4.69) is 5.32 Å². The summed E-state index contributed by atoms with van der Waals surface area (Å²) in [4.78, 5) is 12.7. The smallest absolute Gasteiger partial charge is 0.366 e. The Labute approximate surface area is 112 Å². The first kappa shape index (κ1) is 13.7. The van der Waals surface area contributed by atoms with Crippen molar-refractivity contribution in [1.82, 2.24) is 10.2 Å². The SMILES string of the molecule is O=C(CCl)N1C=C(c2cccc(C(F)(F)F)c2)NC1. The zero-order valence-corrected chi connectivity index (χ0v) is 10.4. The molecule has 1 aromatic rings. The third-order valence-electron chi connectivity index (χ3n) is 2.66. The number of hydrogen-bond donors (Lipinski definition) is 1. The minimum atomic E-state index is -4.39. The Balaban J connectivity index is 2.26. The minimum absolute atomic E-state index is 0.173. The topological polar surface area (TPSA) is 32.3 Å². The molecule has 0 aliphatic carbocycles. The van der Waals surface area contributed by atoms with Crippen LogP contribution in [0, 0.1) is 0 Å². The third kappa shape index (κ3) is 3.01. The molecule has 0 unspecified atom stereocenters. The number of halogens is 4. The summed E-state index contributed by atoms with van der Waals surface area (Å²) in [6.45, 7) is 0.205. The van der Waals surface area contributed by atoms with Crippen LogP contribution in [0.25, 0.3) is 5.70 Å². The standard InChI is InChI=1S/C12H10ClF3N2O/c13-5-11(19)18-6-10(17-7-18)8-2-1-3-9(4-8)12(14,15)16/h1-4,6,17H,5,7H2. The Morgan fingerprint density at radius 2 is 2.16 bits per heavy atom. The molecule has 0 aromatic heterocycles. The fourth-order valence-electron chi connectivity index (χ4n) is 1.69. The quantitative estimate of drug-likeness (QED) is 0.849. The summed E-state index contributed by atoms with van der Waals surface area (Å²) in [6, 6.07) is 4.91. The van der Waals surface area contributed by atoms with Crippen molar-refractivity contribution in [2.45, 2.75) is 6.18 Å². The van der Waals surface area contributed by atoms with Crippen LogP contribution in [0.15, 0.2) is 30.5 Å². The summed E-state index contributed by atoms with van der Waals surface area (Å²) >= 11 is 5.41. The fourth-order valence-corrected chi connectivity index (χ4v) is 1.85. The summed E-state index contributed by atoms with van der Waals surface area (Å²) in [6.07, 6.45) is -2.93. The normalized spacial score (nSPS) is 15.2. The highest BCUT2D eigenvalue weighted by molar-refractivity contribution is 6.27. The first-order valence-corrected chi connectivity index (χ1v) is 5.94. The molecule has 0 atom stereocenters. The monoisotopic (exact) mass is 290 g/mol. The largest absolute Gasteiger partial charge is 0.416 e. The van der Waals surface area contributed by atoms with E-state index in [4.69, 9.17) is 11.6 Å². The average Bonchev–Trinajstić information content (AvgIpc) is 2.86. The molecule has 102 valence electrons. The zero-order chi connectivity index (χ0) is 14.0. The van der Waals surface area contributed by atoms with Crippen molar-refractivity contribution in [1.29, 1.82) is 0 Å². The maximum atomic E-state index is 12.6. The lowest BCUT2D eigenvalue weighted by Gasteiger charge is -2.09. The van der Waals surface area contributed by atoms with Crippen LogP contribution in [-0.4, -0.2) is 23.4 Å². The number of rotatable bonds is 2. The van der Waals surface area contributed by atoms with Crippen LogP contribution in [0.5, 0.6) is 0 Å². The molecule has 0 radical (unpaired) electrons. The van der Waals surface area contributed by atoms with Gasteiger partial charge in [0.2, 0.25) is 5.91 Å². The molecule has 1 N–H and O–H groups in total. The first-order chi connectivity index (χ1) is 8.91.